The van der Waals surface area contributed by atoms with Crippen LogP contribution in [0.2, 0.25) is 5.02 Å². The van der Waals surface area contributed by atoms with Gasteiger partial charge in [0, 0.05) is 11.6 Å². The third-order valence-electron chi connectivity index (χ3n) is 3.94. The van der Waals surface area contributed by atoms with Crippen molar-refractivity contribution >= 4 is 33.2 Å². The van der Waals surface area contributed by atoms with E-state index in [9.17, 15) is 13.2 Å². The lowest BCUT2D eigenvalue weighted by atomic mass is 9.97. The lowest BCUT2D eigenvalue weighted by Crippen LogP contribution is -2.40. The van der Waals surface area contributed by atoms with Crippen LogP contribution in [0.1, 0.15) is 32.1 Å². The second-order valence-electron chi connectivity index (χ2n) is 5.96. The van der Waals surface area contributed by atoms with Crippen LogP contribution in [0.3, 0.4) is 0 Å². The minimum absolute atomic E-state index is 0.252. The van der Waals surface area contributed by atoms with Crippen LogP contribution in [-0.4, -0.2) is 33.7 Å². The van der Waals surface area contributed by atoms with Gasteiger partial charge in [0.05, 0.1) is 11.9 Å². The van der Waals surface area contributed by atoms with Gasteiger partial charge in [-0.05, 0) is 50.3 Å². The Hall–Kier alpha value is -1.53. The molecule has 0 saturated heterocycles. The fourth-order valence-electron chi connectivity index (χ4n) is 2.71. The van der Waals surface area contributed by atoms with E-state index in [1.807, 2.05) is 0 Å². The van der Waals surface area contributed by atoms with Gasteiger partial charge >= 0.3 is 0 Å². The molecule has 0 fully saturated rings. The summed E-state index contributed by atoms with van der Waals surface area (Å²) < 4.78 is 25.1. The standard InChI is InChI=1S/C17H23ClN2O3S/c1-24(22,23)20(16-9-5-8-15(18)12-16)13-17(21)19-11-10-14-6-3-2-4-7-14/h5-6,8-9,12H,2-4,7,10-11,13H2,1H3,(H,19,21). The second kappa shape index (κ2) is 8.53. The minimum atomic E-state index is -3.57. The summed E-state index contributed by atoms with van der Waals surface area (Å²) in [5.41, 5.74) is 1.76. The Kier molecular flexibility index (Phi) is 6.69. The first-order valence-electron chi connectivity index (χ1n) is 8.04. The largest absolute Gasteiger partial charge is 0.354 e. The van der Waals surface area contributed by atoms with Gasteiger partial charge in [0.1, 0.15) is 6.54 Å². The molecule has 2 rings (SSSR count). The Morgan fingerprint density at radius 2 is 2.12 bits per heavy atom. The molecular weight excluding hydrogens is 348 g/mol. The summed E-state index contributed by atoms with van der Waals surface area (Å²) in [4.78, 5) is 12.1. The van der Waals surface area contributed by atoms with Crippen molar-refractivity contribution in [2.45, 2.75) is 32.1 Å². The van der Waals surface area contributed by atoms with Gasteiger partial charge in [-0.3, -0.25) is 9.10 Å². The summed E-state index contributed by atoms with van der Waals surface area (Å²) in [7, 11) is -3.57. The maximum absolute atomic E-state index is 12.1. The molecule has 1 aliphatic carbocycles. The zero-order chi connectivity index (χ0) is 17.6. The number of nitrogens with one attached hydrogen (secondary N) is 1. The van der Waals surface area contributed by atoms with Crippen LogP contribution in [0.4, 0.5) is 5.69 Å². The van der Waals surface area contributed by atoms with E-state index in [1.54, 1.807) is 18.2 Å². The fourth-order valence-corrected chi connectivity index (χ4v) is 3.74. The molecule has 0 spiro atoms. The van der Waals surface area contributed by atoms with Gasteiger partial charge in [-0.15, -0.1) is 0 Å². The zero-order valence-electron chi connectivity index (χ0n) is 13.8. The highest BCUT2D eigenvalue weighted by Gasteiger charge is 2.20. The molecule has 0 saturated carbocycles. The number of sulfonamides is 1. The Morgan fingerprint density at radius 3 is 2.75 bits per heavy atom. The van der Waals surface area contributed by atoms with Gasteiger partial charge in [-0.1, -0.05) is 29.3 Å². The van der Waals surface area contributed by atoms with E-state index in [2.05, 4.69) is 11.4 Å². The van der Waals surface area contributed by atoms with Crippen molar-refractivity contribution < 1.29 is 13.2 Å². The molecule has 1 N–H and O–H groups in total. The number of nitrogens with zero attached hydrogens (tertiary/aromatic N) is 1. The molecule has 24 heavy (non-hydrogen) atoms. The number of benzene rings is 1. The average molecular weight is 371 g/mol. The molecule has 0 radical (unpaired) electrons. The molecular formula is C17H23ClN2O3S. The van der Waals surface area contributed by atoms with Crippen LogP contribution in [0.5, 0.6) is 0 Å². The number of hydrogen-bond donors (Lipinski definition) is 1. The molecule has 0 aromatic heterocycles. The topological polar surface area (TPSA) is 66.5 Å². The number of rotatable bonds is 7. The second-order valence-corrected chi connectivity index (χ2v) is 8.30. The molecule has 0 heterocycles. The van der Waals surface area contributed by atoms with Crippen LogP contribution >= 0.6 is 11.6 Å². The molecule has 0 unspecified atom stereocenters. The van der Waals surface area contributed by atoms with Crippen molar-refractivity contribution in [1.29, 1.82) is 0 Å². The molecule has 0 bridgehead atoms. The Labute approximate surface area is 148 Å². The van der Waals surface area contributed by atoms with Crippen molar-refractivity contribution in [3.63, 3.8) is 0 Å². The summed E-state index contributed by atoms with van der Waals surface area (Å²) >= 11 is 5.92. The van der Waals surface area contributed by atoms with Crippen molar-refractivity contribution in [2.75, 3.05) is 23.7 Å². The molecule has 1 aromatic carbocycles. The van der Waals surface area contributed by atoms with Crippen LogP contribution in [-0.2, 0) is 14.8 Å². The molecule has 1 aromatic rings. The lowest BCUT2D eigenvalue weighted by molar-refractivity contribution is -0.119. The van der Waals surface area contributed by atoms with E-state index < -0.39 is 10.0 Å². The van der Waals surface area contributed by atoms with E-state index in [1.165, 1.54) is 24.5 Å². The number of carbonyl (C=O) groups excluding carboxylic acids is 1. The first kappa shape index (κ1) is 18.8. The summed E-state index contributed by atoms with van der Waals surface area (Å²) in [5, 5.41) is 3.22. The molecule has 132 valence electrons. The molecule has 1 aliphatic rings. The van der Waals surface area contributed by atoms with Crippen molar-refractivity contribution in [3.05, 3.63) is 40.9 Å². The average Bonchev–Trinajstić information content (AvgIpc) is 2.52. The van der Waals surface area contributed by atoms with E-state index in [0.29, 0.717) is 17.3 Å². The Balaban J connectivity index is 1.94. The minimum Gasteiger partial charge on any atom is -0.354 e. The third kappa shape index (κ3) is 5.83. The first-order valence-corrected chi connectivity index (χ1v) is 10.3. The van der Waals surface area contributed by atoms with E-state index in [4.69, 9.17) is 11.6 Å². The summed E-state index contributed by atoms with van der Waals surface area (Å²) in [5.74, 6) is -0.322. The van der Waals surface area contributed by atoms with Gasteiger partial charge in [0.25, 0.3) is 0 Å². The van der Waals surface area contributed by atoms with Gasteiger partial charge in [-0.25, -0.2) is 8.42 Å². The SMILES string of the molecule is CS(=O)(=O)N(CC(=O)NCCC1=CCCCC1)c1cccc(Cl)c1. The molecule has 7 heteroatoms. The van der Waals surface area contributed by atoms with Crippen LogP contribution in [0.25, 0.3) is 0 Å². The normalized spacial score (nSPS) is 14.8. The van der Waals surface area contributed by atoms with Crippen molar-refractivity contribution in [2.24, 2.45) is 0 Å². The maximum Gasteiger partial charge on any atom is 0.240 e. The van der Waals surface area contributed by atoms with Gasteiger partial charge in [-0.2, -0.15) is 0 Å². The first-order chi connectivity index (χ1) is 11.4. The highest BCUT2D eigenvalue weighted by Crippen LogP contribution is 2.22. The van der Waals surface area contributed by atoms with E-state index in [0.717, 1.165) is 29.8 Å². The Bertz CT molecular complexity index is 716. The van der Waals surface area contributed by atoms with E-state index >= 15 is 0 Å². The molecule has 0 atom stereocenters. The van der Waals surface area contributed by atoms with Gasteiger partial charge in [0.15, 0.2) is 0 Å². The Morgan fingerprint density at radius 1 is 1.33 bits per heavy atom. The van der Waals surface area contributed by atoms with E-state index in [-0.39, 0.29) is 12.5 Å². The fraction of sp³-hybridized carbons (Fsp3) is 0.471. The van der Waals surface area contributed by atoms with Crippen molar-refractivity contribution in [1.82, 2.24) is 5.32 Å². The third-order valence-corrected chi connectivity index (χ3v) is 5.31. The van der Waals surface area contributed by atoms with Gasteiger partial charge in [0.2, 0.25) is 15.9 Å². The number of hydrogen-bond acceptors (Lipinski definition) is 3. The number of anilines is 1. The smallest absolute Gasteiger partial charge is 0.240 e. The quantitative estimate of drug-likeness (QED) is 0.750. The monoisotopic (exact) mass is 370 g/mol. The summed E-state index contributed by atoms with van der Waals surface area (Å²) in [6, 6.07) is 6.46. The summed E-state index contributed by atoms with van der Waals surface area (Å²) in [6.45, 7) is 0.274. The van der Waals surface area contributed by atoms with Crippen molar-refractivity contribution in [3.8, 4) is 0 Å². The maximum atomic E-state index is 12.1. The lowest BCUT2D eigenvalue weighted by Gasteiger charge is -2.22. The number of halogens is 1. The predicted octanol–water partition coefficient (Wildman–Crippen LogP) is 3.11. The number of carbonyl (C=O) groups is 1. The predicted molar refractivity (Wildman–Crippen MR) is 97.8 cm³/mol. The highest BCUT2D eigenvalue weighted by atomic mass is 35.5. The van der Waals surface area contributed by atoms with Crippen LogP contribution < -0.4 is 9.62 Å². The molecule has 1 amide bonds. The van der Waals surface area contributed by atoms with Crippen LogP contribution in [0, 0.1) is 0 Å². The molecule has 0 aliphatic heterocycles. The zero-order valence-corrected chi connectivity index (χ0v) is 15.4. The molecule has 5 nitrogen and oxygen atoms in total. The summed E-state index contributed by atoms with van der Waals surface area (Å²) in [6.07, 6.45) is 8.78. The number of allylic oxidation sites excluding steroid dienone is 1. The highest BCUT2D eigenvalue weighted by molar-refractivity contribution is 7.92. The number of amides is 1. The van der Waals surface area contributed by atoms with Gasteiger partial charge < -0.3 is 5.32 Å². The van der Waals surface area contributed by atoms with Crippen LogP contribution in [0.15, 0.2) is 35.9 Å².